The Labute approximate surface area is 94.0 Å². The zero-order valence-corrected chi connectivity index (χ0v) is 9.35. The van der Waals surface area contributed by atoms with Gasteiger partial charge in [0, 0.05) is 13.1 Å². The van der Waals surface area contributed by atoms with E-state index in [1.165, 1.54) is 0 Å². The number of carbonyl (C=O) groups excluding carboxylic acids is 1. The van der Waals surface area contributed by atoms with Crippen LogP contribution in [0.25, 0.3) is 0 Å². The summed E-state index contributed by atoms with van der Waals surface area (Å²) in [4.78, 5) is 11.5. The second kappa shape index (κ2) is 5.07. The standard InChI is InChI=1S/C10H16N4O2/c1-2-3-4-16-10(15)9-7-14(13-12-9)8-5-11-6-8/h7-8,11H,2-6H2,1H3. The van der Waals surface area contributed by atoms with Crippen LogP contribution in [0.1, 0.15) is 36.3 Å². The molecule has 0 aromatic carbocycles. The lowest BCUT2D eigenvalue weighted by Crippen LogP contribution is -2.43. The molecule has 0 aliphatic carbocycles. The molecular weight excluding hydrogens is 208 g/mol. The summed E-state index contributed by atoms with van der Waals surface area (Å²) in [5.74, 6) is -0.382. The third-order valence-corrected chi connectivity index (χ3v) is 2.58. The Hall–Kier alpha value is -1.43. The van der Waals surface area contributed by atoms with Crippen LogP contribution in [0.2, 0.25) is 0 Å². The van der Waals surface area contributed by atoms with E-state index in [4.69, 9.17) is 4.74 Å². The van der Waals surface area contributed by atoms with Crippen molar-refractivity contribution in [1.29, 1.82) is 0 Å². The highest BCUT2D eigenvalue weighted by Gasteiger charge is 2.21. The van der Waals surface area contributed by atoms with Gasteiger partial charge in [0.25, 0.3) is 0 Å². The van der Waals surface area contributed by atoms with Crippen LogP contribution >= 0.6 is 0 Å². The molecule has 1 fully saturated rings. The molecule has 1 aliphatic rings. The highest BCUT2D eigenvalue weighted by molar-refractivity contribution is 5.86. The molecule has 1 aromatic rings. The number of unbranched alkanes of at least 4 members (excludes halogenated alkanes) is 1. The average Bonchev–Trinajstić information content (AvgIpc) is 2.64. The molecule has 0 unspecified atom stereocenters. The van der Waals surface area contributed by atoms with Crippen molar-refractivity contribution in [3.8, 4) is 0 Å². The third kappa shape index (κ3) is 2.38. The largest absolute Gasteiger partial charge is 0.461 e. The Morgan fingerprint density at radius 3 is 3.12 bits per heavy atom. The van der Waals surface area contributed by atoms with Crippen LogP contribution < -0.4 is 5.32 Å². The van der Waals surface area contributed by atoms with Gasteiger partial charge in [-0.2, -0.15) is 0 Å². The molecule has 16 heavy (non-hydrogen) atoms. The summed E-state index contributed by atoms with van der Waals surface area (Å²) in [5.41, 5.74) is 0.294. The van der Waals surface area contributed by atoms with Gasteiger partial charge in [-0.25, -0.2) is 9.48 Å². The molecule has 0 spiro atoms. The highest BCUT2D eigenvalue weighted by atomic mass is 16.5. The summed E-state index contributed by atoms with van der Waals surface area (Å²) >= 11 is 0. The van der Waals surface area contributed by atoms with Crippen molar-refractivity contribution in [3.05, 3.63) is 11.9 Å². The molecule has 1 saturated heterocycles. The van der Waals surface area contributed by atoms with Gasteiger partial charge < -0.3 is 10.1 Å². The first-order valence-electron chi connectivity index (χ1n) is 5.61. The lowest BCUT2D eigenvalue weighted by Gasteiger charge is -2.26. The van der Waals surface area contributed by atoms with Gasteiger partial charge in [0.05, 0.1) is 18.8 Å². The molecule has 1 N–H and O–H groups in total. The Bertz CT molecular complexity index is 359. The Kier molecular flexibility index (Phi) is 3.51. The summed E-state index contributed by atoms with van der Waals surface area (Å²) < 4.78 is 6.76. The number of hydrogen-bond acceptors (Lipinski definition) is 5. The van der Waals surface area contributed by atoms with Crippen LogP contribution in [-0.4, -0.2) is 40.7 Å². The van der Waals surface area contributed by atoms with Gasteiger partial charge in [0.2, 0.25) is 0 Å². The molecule has 0 saturated carbocycles. The third-order valence-electron chi connectivity index (χ3n) is 2.58. The van der Waals surface area contributed by atoms with Gasteiger partial charge in [-0.15, -0.1) is 5.10 Å². The van der Waals surface area contributed by atoms with Crippen LogP contribution in [0.15, 0.2) is 6.20 Å². The normalized spacial score (nSPS) is 15.8. The number of esters is 1. The maximum absolute atomic E-state index is 11.5. The summed E-state index contributed by atoms with van der Waals surface area (Å²) in [6, 6.07) is 0.324. The van der Waals surface area contributed by atoms with Crippen molar-refractivity contribution in [1.82, 2.24) is 20.3 Å². The van der Waals surface area contributed by atoms with E-state index in [0.717, 1.165) is 25.9 Å². The summed E-state index contributed by atoms with van der Waals surface area (Å²) in [7, 11) is 0. The van der Waals surface area contributed by atoms with Crippen LogP contribution in [0.3, 0.4) is 0 Å². The maximum atomic E-state index is 11.5. The van der Waals surface area contributed by atoms with Crippen molar-refractivity contribution in [3.63, 3.8) is 0 Å². The fourth-order valence-corrected chi connectivity index (χ4v) is 1.39. The molecule has 2 heterocycles. The SMILES string of the molecule is CCCCOC(=O)c1cn(C2CNC2)nn1. The monoisotopic (exact) mass is 224 g/mol. The summed E-state index contributed by atoms with van der Waals surface area (Å²) in [5, 5.41) is 10.9. The molecule has 0 amide bonds. The molecular formula is C10H16N4O2. The molecule has 0 atom stereocenters. The number of rotatable bonds is 5. The summed E-state index contributed by atoms with van der Waals surface area (Å²) in [6.45, 7) is 4.27. The molecule has 88 valence electrons. The minimum absolute atomic E-state index is 0.294. The van der Waals surface area contributed by atoms with E-state index in [1.807, 2.05) is 6.92 Å². The quantitative estimate of drug-likeness (QED) is 0.578. The lowest BCUT2D eigenvalue weighted by atomic mass is 10.2. The zero-order chi connectivity index (χ0) is 11.4. The second-order valence-corrected chi connectivity index (χ2v) is 3.89. The fraction of sp³-hybridized carbons (Fsp3) is 0.700. The minimum Gasteiger partial charge on any atom is -0.461 e. The van der Waals surface area contributed by atoms with Crippen molar-refractivity contribution in [2.45, 2.75) is 25.8 Å². The van der Waals surface area contributed by atoms with Crippen LogP contribution in [-0.2, 0) is 4.74 Å². The van der Waals surface area contributed by atoms with Gasteiger partial charge in [-0.1, -0.05) is 18.6 Å². The van der Waals surface area contributed by atoms with E-state index in [9.17, 15) is 4.79 Å². The molecule has 1 aliphatic heterocycles. The van der Waals surface area contributed by atoms with E-state index in [2.05, 4.69) is 15.6 Å². The average molecular weight is 224 g/mol. The van der Waals surface area contributed by atoms with Crippen molar-refractivity contribution >= 4 is 5.97 Å². The maximum Gasteiger partial charge on any atom is 0.360 e. The van der Waals surface area contributed by atoms with E-state index >= 15 is 0 Å². The van der Waals surface area contributed by atoms with E-state index in [-0.39, 0.29) is 5.97 Å². The number of ether oxygens (including phenoxy) is 1. The zero-order valence-electron chi connectivity index (χ0n) is 9.35. The number of aromatic nitrogens is 3. The van der Waals surface area contributed by atoms with E-state index < -0.39 is 0 Å². The molecule has 6 nitrogen and oxygen atoms in total. The first-order valence-corrected chi connectivity index (χ1v) is 5.61. The molecule has 0 bridgehead atoms. The van der Waals surface area contributed by atoms with Crippen LogP contribution in [0, 0.1) is 0 Å². The topological polar surface area (TPSA) is 69.0 Å². The van der Waals surface area contributed by atoms with Crippen molar-refractivity contribution in [2.75, 3.05) is 19.7 Å². The first-order chi connectivity index (χ1) is 7.81. The Morgan fingerprint density at radius 2 is 2.50 bits per heavy atom. The van der Waals surface area contributed by atoms with Gasteiger partial charge in [0.1, 0.15) is 0 Å². The molecule has 0 radical (unpaired) electrons. The van der Waals surface area contributed by atoms with Gasteiger partial charge in [-0.05, 0) is 6.42 Å². The van der Waals surface area contributed by atoms with Gasteiger partial charge in [-0.3, -0.25) is 0 Å². The molecule has 2 rings (SSSR count). The van der Waals surface area contributed by atoms with Gasteiger partial charge in [0.15, 0.2) is 5.69 Å². The van der Waals surface area contributed by atoms with E-state index in [1.54, 1.807) is 10.9 Å². The van der Waals surface area contributed by atoms with E-state index in [0.29, 0.717) is 18.3 Å². The first kappa shape index (κ1) is 11.1. The molecule has 1 aromatic heterocycles. The fourth-order valence-electron chi connectivity index (χ4n) is 1.39. The van der Waals surface area contributed by atoms with Crippen LogP contribution in [0.5, 0.6) is 0 Å². The predicted molar refractivity (Wildman–Crippen MR) is 57.1 cm³/mol. The Morgan fingerprint density at radius 1 is 1.69 bits per heavy atom. The number of carbonyl (C=O) groups is 1. The highest BCUT2D eigenvalue weighted by Crippen LogP contribution is 2.10. The predicted octanol–water partition coefficient (Wildman–Crippen LogP) is 0.379. The van der Waals surface area contributed by atoms with Gasteiger partial charge >= 0.3 is 5.97 Å². The van der Waals surface area contributed by atoms with Crippen LogP contribution in [0.4, 0.5) is 0 Å². The van der Waals surface area contributed by atoms with Crippen molar-refractivity contribution < 1.29 is 9.53 Å². The summed E-state index contributed by atoms with van der Waals surface area (Å²) in [6.07, 6.45) is 3.54. The number of nitrogens with zero attached hydrogens (tertiary/aromatic N) is 3. The Balaban J connectivity index is 1.87. The smallest absolute Gasteiger partial charge is 0.360 e. The minimum atomic E-state index is -0.382. The lowest BCUT2D eigenvalue weighted by molar-refractivity contribution is 0.0492. The number of nitrogens with one attached hydrogen (secondary N) is 1. The number of hydrogen-bond donors (Lipinski definition) is 1. The molecule has 6 heteroatoms. The van der Waals surface area contributed by atoms with Crippen molar-refractivity contribution in [2.24, 2.45) is 0 Å². The second-order valence-electron chi connectivity index (χ2n) is 3.89.